The van der Waals surface area contributed by atoms with Gasteiger partial charge >= 0.3 is 5.97 Å². The third-order valence-electron chi connectivity index (χ3n) is 1.87. The van der Waals surface area contributed by atoms with Crippen molar-refractivity contribution in [2.75, 3.05) is 6.54 Å². The maximum absolute atomic E-state index is 11.3. The Hall–Kier alpha value is -2.75. The van der Waals surface area contributed by atoms with Crippen molar-refractivity contribution in [1.29, 1.82) is 5.26 Å². The number of nitrogens with zero attached hydrogens (tertiary/aromatic N) is 1. The highest BCUT2D eigenvalue weighted by molar-refractivity contribution is 5.98. The van der Waals surface area contributed by atoms with Crippen molar-refractivity contribution in [3.05, 3.63) is 35.9 Å². The Kier molecular flexibility index (Phi) is 4.99. The molecule has 0 aromatic carbocycles. The second-order valence-electron chi connectivity index (χ2n) is 3.21. The molecule has 1 aromatic rings. The van der Waals surface area contributed by atoms with E-state index in [-0.39, 0.29) is 5.57 Å². The molecule has 1 rings (SSSR count). The normalized spacial score (nSPS) is 10.5. The molecular weight excluding hydrogens is 238 g/mol. The second-order valence-corrected chi connectivity index (χ2v) is 3.21. The van der Waals surface area contributed by atoms with Crippen LogP contribution in [0.4, 0.5) is 0 Å². The lowest BCUT2D eigenvalue weighted by Crippen LogP contribution is -2.30. The van der Waals surface area contributed by atoms with Gasteiger partial charge in [0.05, 0.1) is 12.8 Å². The molecule has 1 amide bonds. The highest BCUT2D eigenvalue weighted by atomic mass is 16.4. The minimum atomic E-state index is -1.18. The molecule has 0 radical (unpaired) electrons. The second kappa shape index (κ2) is 6.75. The van der Waals surface area contributed by atoms with Gasteiger partial charge in [-0.05, 0) is 12.1 Å². The molecule has 0 fully saturated rings. The van der Waals surface area contributed by atoms with Crippen molar-refractivity contribution in [3.8, 4) is 6.07 Å². The molecule has 1 heterocycles. The molecule has 0 aliphatic rings. The van der Waals surface area contributed by atoms with E-state index in [4.69, 9.17) is 14.8 Å². The molecule has 94 valence electrons. The maximum atomic E-state index is 11.3. The Bertz CT molecular complexity index is 485. The fourth-order valence-electron chi connectivity index (χ4n) is 1.07. The molecule has 0 saturated heterocycles. The highest BCUT2D eigenvalue weighted by Gasteiger charge is 2.09. The standard InChI is InChI=1S/C11H11N3O4/c12-4-8(11(17)14-7-10(15)16)5-13-6-9-2-1-3-18-9/h1-3,5,13H,6-7H2,(H,14,17)(H,15,16)/b8-5-. The number of hydrogen-bond acceptors (Lipinski definition) is 5. The van der Waals surface area contributed by atoms with Gasteiger partial charge in [-0.2, -0.15) is 5.26 Å². The van der Waals surface area contributed by atoms with E-state index in [1.54, 1.807) is 18.2 Å². The summed E-state index contributed by atoms with van der Waals surface area (Å²) in [6.45, 7) is -0.208. The average Bonchev–Trinajstić information content (AvgIpc) is 2.84. The Labute approximate surface area is 103 Å². The lowest BCUT2D eigenvalue weighted by atomic mass is 10.3. The van der Waals surface area contributed by atoms with E-state index in [0.29, 0.717) is 12.3 Å². The molecule has 1 aromatic heterocycles. The van der Waals surface area contributed by atoms with Gasteiger partial charge in [0.25, 0.3) is 5.91 Å². The van der Waals surface area contributed by atoms with E-state index in [9.17, 15) is 9.59 Å². The SMILES string of the molecule is N#C/C(=C/NCc1ccco1)C(=O)NCC(=O)O. The van der Waals surface area contributed by atoms with Crippen LogP contribution in [0.1, 0.15) is 5.76 Å². The summed E-state index contributed by atoms with van der Waals surface area (Å²) in [7, 11) is 0. The first-order chi connectivity index (χ1) is 8.63. The number of aliphatic carboxylic acids is 1. The molecule has 0 unspecified atom stereocenters. The fourth-order valence-corrected chi connectivity index (χ4v) is 1.07. The third-order valence-corrected chi connectivity index (χ3v) is 1.87. The molecular formula is C11H11N3O4. The van der Waals surface area contributed by atoms with Gasteiger partial charge < -0.3 is 20.2 Å². The molecule has 18 heavy (non-hydrogen) atoms. The van der Waals surface area contributed by atoms with E-state index < -0.39 is 18.4 Å². The van der Waals surface area contributed by atoms with Crippen LogP contribution in [0.25, 0.3) is 0 Å². The zero-order valence-electron chi connectivity index (χ0n) is 9.34. The first-order valence-electron chi connectivity index (χ1n) is 4.99. The summed E-state index contributed by atoms with van der Waals surface area (Å²) in [5.41, 5.74) is -0.206. The van der Waals surface area contributed by atoms with E-state index >= 15 is 0 Å². The lowest BCUT2D eigenvalue weighted by Gasteiger charge is -2.01. The fraction of sp³-hybridized carbons (Fsp3) is 0.182. The maximum Gasteiger partial charge on any atom is 0.322 e. The van der Waals surface area contributed by atoms with Crippen molar-refractivity contribution in [3.63, 3.8) is 0 Å². The summed E-state index contributed by atoms with van der Waals surface area (Å²) in [4.78, 5) is 21.6. The van der Waals surface area contributed by atoms with Crippen LogP contribution < -0.4 is 10.6 Å². The molecule has 0 aliphatic heterocycles. The van der Waals surface area contributed by atoms with Crippen molar-refractivity contribution < 1.29 is 19.1 Å². The van der Waals surface area contributed by atoms with Crippen molar-refractivity contribution >= 4 is 11.9 Å². The summed E-state index contributed by atoms with van der Waals surface area (Å²) < 4.78 is 5.04. The van der Waals surface area contributed by atoms with Gasteiger partial charge in [-0.25, -0.2) is 0 Å². The number of carboxylic acid groups (broad SMARTS) is 1. The van der Waals surface area contributed by atoms with Crippen LogP contribution >= 0.6 is 0 Å². The zero-order chi connectivity index (χ0) is 13.4. The molecule has 0 atom stereocenters. The number of carbonyl (C=O) groups is 2. The zero-order valence-corrected chi connectivity index (χ0v) is 9.34. The van der Waals surface area contributed by atoms with Crippen LogP contribution in [0.15, 0.2) is 34.6 Å². The number of rotatable bonds is 6. The Morgan fingerprint density at radius 2 is 2.33 bits per heavy atom. The van der Waals surface area contributed by atoms with Crippen molar-refractivity contribution in [1.82, 2.24) is 10.6 Å². The molecule has 3 N–H and O–H groups in total. The monoisotopic (exact) mass is 249 g/mol. The summed E-state index contributed by atoms with van der Waals surface area (Å²) in [6, 6.07) is 5.12. The molecule has 7 heteroatoms. The first kappa shape index (κ1) is 13.3. The topological polar surface area (TPSA) is 115 Å². The lowest BCUT2D eigenvalue weighted by molar-refractivity contribution is -0.137. The number of hydrogen-bond donors (Lipinski definition) is 3. The molecule has 0 spiro atoms. The number of carboxylic acids is 1. The largest absolute Gasteiger partial charge is 0.480 e. The van der Waals surface area contributed by atoms with E-state index in [1.165, 1.54) is 12.5 Å². The Morgan fingerprint density at radius 3 is 2.89 bits per heavy atom. The smallest absolute Gasteiger partial charge is 0.322 e. The number of amides is 1. The van der Waals surface area contributed by atoms with Gasteiger partial charge in [-0.1, -0.05) is 0 Å². The number of nitriles is 1. The predicted octanol–water partition coefficient (Wildman–Crippen LogP) is -0.0225. The minimum absolute atomic E-state index is 0.206. The van der Waals surface area contributed by atoms with Crippen molar-refractivity contribution in [2.45, 2.75) is 6.54 Å². The van der Waals surface area contributed by atoms with Gasteiger partial charge in [0.1, 0.15) is 23.9 Å². The third kappa shape index (κ3) is 4.40. The number of carbonyl (C=O) groups excluding carboxylic acids is 1. The molecule has 7 nitrogen and oxygen atoms in total. The van der Waals surface area contributed by atoms with Gasteiger partial charge in [-0.15, -0.1) is 0 Å². The minimum Gasteiger partial charge on any atom is -0.480 e. The summed E-state index contributed by atoms with van der Waals surface area (Å²) in [5, 5.41) is 21.9. The van der Waals surface area contributed by atoms with Crippen LogP contribution in [-0.2, 0) is 16.1 Å². The van der Waals surface area contributed by atoms with Crippen molar-refractivity contribution in [2.24, 2.45) is 0 Å². The van der Waals surface area contributed by atoms with E-state index in [0.717, 1.165) is 0 Å². The number of furan rings is 1. The molecule has 0 bridgehead atoms. The first-order valence-corrected chi connectivity index (χ1v) is 4.99. The predicted molar refractivity (Wildman–Crippen MR) is 59.9 cm³/mol. The van der Waals surface area contributed by atoms with E-state index in [1.807, 2.05) is 0 Å². The summed E-state index contributed by atoms with van der Waals surface area (Å²) in [6.07, 6.45) is 2.71. The van der Waals surface area contributed by atoms with Crippen LogP contribution in [-0.4, -0.2) is 23.5 Å². The van der Waals surface area contributed by atoms with Crippen LogP contribution in [0.3, 0.4) is 0 Å². The summed E-state index contributed by atoms with van der Waals surface area (Å²) >= 11 is 0. The summed E-state index contributed by atoms with van der Waals surface area (Å²) in [5.74, 6) is -1.27. The van der Waals surface area contributed by atoms with Crippen LogP contribution in [0, 0.1) is 11.3 Å². The Balaban J connectivity index is 2.47. The van der Waals surface area contributed by atoms with Gasteiger partial charge in [-0.3, -0.25) is 9.59 Å². The Morgan fingerprint density at radius 1 is 1.56 bits per heavy atom. The van der Waals surface area contributed by atoms with Gasteiger partial charge in [0.2, 0.25) is 0 Å². The number of nitrogens with one attached hydrogen (secondary N) is 2. The molecule has 0 aliphatic carbocycles. The average molecular weight is 249 g/mol. The molecule has 0 saturated carbocycles. The quantitative estimate of drug-likeness (QED) is 0.482. The highest BCUT2D eigenvalue weighted by Crippen LogP contribution is 1.99. The van der Waals surface area contributed by atoms with Gasteiger partial charge in [0, 0.05) is 6.20 Å². The van der Waals surface area contributed by atoms with Gasteiger partial charge in [0.15, 0.2) is 0 Å². The van der Waals surface area contributed by atoms with E-state index in [2.05, 4.69) is 10.6 Å². The van der Waals surface area contributed by atoms with Crippen LogP contribution in [0.5, 0.6) is 0 Å². The van der Waals surface area contributed by atoms with Crippen LogP contribution in [0.2, 0.25) is 0 Å².